The van der Waals surface area contributed by atoms with E-state index in [2.05, 4.69) is 0 Å². The molecule has 0 saturated heterocycles. The van der Waals surface area contributed by atoms with Gasteiger partial charge >= 0.3 is 0 Å². The number of nitrogens with zero attached hydrogens (tertiary/aromatic N) is 1. The third kappa shape index (κ3) is 3.07. The molecule has 1 aliphatic rings. The molecule has 6 heteroatoms. The van der Waals surface area contributed by atoms with Gasteiger partial charge in [-0.3, -0.25) is 4.79 Å². The Balaban J connectivity index is 2.35. The summed E-state index contributed by atoms with van der Waals surface area (Å²) in [6, 6.07) is 3.36. The maximum Gasteiger partial charge on any atom is 0.244 e. The molecule has 0 saturated carbocycles. The second kappa shape index (κ2) is 5.88. The lowest BCUT2D eigenvalue weighted by Crippen LogP contribution is -2.25. The Morgan fingerprint density at radius 3 is 2.68 bits per heavy atom. The minimum Gasteiger partial charge on any atom is -0.489 e. The number of benzene rings is 1. The van der Waals surface area contributed by atoms with Crippen LogP contribution < -0.4 is 9.47 Å². The summed E-state index contributed by atoms with van der Waals surface area (Å²) >= 11 is 12.3. The number of hydrogen-bond donors (Lipinski definition) is 0. The number of likely N-dealkylation sites (N-methyl/N-ethyl adjacent to an activating group) is 1. The van der Waals surface area contributed by atoms with Gasteiger partial charge in [0.25, 0.3) is 0 Å². The summed E-state index contributed by atoms with van der Waals surface area (Å²) in [5.41, 5.74) is 0.606. The highest BCUT2D eigenvalue weighted by molar-refractivity contribution is 6.33. The Kier molecular flexibility index (Phi) is 4.42. The molecule has 19 heavy (non-hydrogen) atoms. The predicted octanol–water partition coefficient (Wildman–Crippen LogP) is 2.87. The smallest absolute Gasteiger partial charge is 0.244 e. The van der Waals surface area contributed by atoms with Crippen molar-refractivity contribution in [1.29, 1.82) is 0 Å². The van der Waals surface area contributed by atoms with Gasteiger partial charge in [0.05, 0.1) is 18.2 Å². The lowest BCUT2D eigenvalue weighted by atomic mass is 10.1. The predicted molar refractivity (Wildman–Crippen MR) is 74.3 cm³/mol. The highest BCUT2D eigenvalue weighted by atomic mass is 35.5. The van der Waals surface area contributed by atoms with Crippen LogP contribution in [0.3, 0.4) is 0 Å². The van der Waals surface area contributed by atoms with E-state index in [0.717, 1.165) is 6.42 Å². The van der Waals surface area contributed by atoms with E-state index in [9.17, 15) is 4.79 Å². The van der Waals surface area contributed by atoms with E-state index in [0.29, 0.717) is 35.3 Å². The van der Waals surface area contributed by atoms with E-state index in [4.69, 9.17) is 32.7 Å². The molecule has 1 unspecified atom stereocenters. The number of halogens is 2. The topological polar surface area (TPSA) is 38.8 Å². The van der Waals surface area contributed by atoms with Crippen LogP contribution in [0, 0.1) is 0 Å². The maximum absolute atomic E-state index is 11.9. The van der Waals surface area contributed by atoms with Gasteiger partial charge in [0, 0.05) is 20.5 Å². The number of hydrogen-bond acceptors (Lipinski definition) is 3. The summed E-state index contributed by atoms with van der Waals surface area (Å²) in [4.78, 5) is 13.3. The van der Waals surface area contributed by atoms with E-state index >= 15 is 0 Å². The molecule has 0 spiro atoms. The van der Waals surface area contributed by atoms with Gasteiger partial charge in [0.1, 0.15) is 5.38 Å². The van der Waals surface area contributed by atoms with Crippen molar-refractivity contribution in [3.8, 4) is 11.5 Å². The zero-order valence-electron chi connectivity index (χ0n) is 10.8. The second-order valence-electron chi connectivity index (χ2n) is 4.48. The van der Waals surface area contributed by atoms with Crippen LogP contribution in [0.15, 0.2) is 12.1 Å². The first-order valence-corrected chi connectivity index (χ1v) is 6.76. The van der Waals surface area contributed by atoms with Crippen LogP contribution in [-0.2, 0) is 4.79 Å². The lowest BCUT2D eigenvalue weighted by Gasteiger charge is -2.17. The molecular formula is C13H15Cl2NO3. The summed E-state index contributed by atoms with van der Waals surface area (Å²) in [6.07, 6.45) is 0.793. The summed E-state index contributed by atoms with van der Waals surface area (Å²) < 4.78 is 11.1. The monoisotopic (exact) mass is 303 g/mol. The zero-order chi connectivity index (χ0) is 14.0. The van der Waals surface area contributed by atoms with E-state index in [1.54, 1.807) is 26.2 Å². The van der Waals surface area contributed by atoms with Gasteiger partial charge in [-0.15, -0.1) is 11.6 Å². The number of carbonyl (C=O) groups is 1. The van der Waals surface area contributed by atoms with Gasteiger partial charge in [-0.2, -0.15) is 0 Å². The van der Waals surface area contributed by atoms with Crippen molar-refractivity contribution in [3.63, 3.8) is 0 Å². The van der Waals surface area contributed by atoms with Gasteiger partial charge in [0.2, 0.25) is 5.91 Å². The molecule has 0 bridgehead atoms. The highest BCUT2D eigenvalue weighted by Gasteiger charge is 2.23. The van der Waals surface area contributed by atoms with Crippen molar-refractivity contribution < 1.29 is 14.3 Å². The molecule has 4 nitrogen and oxygen atoms in total. The average molecular weight is 304 g/mol. The molecule has 1 aromatic rings. The van der Waals surface area contributed by atoms with Crippen LogP contribution in [0.5, 0.6) is 11.5 Å². The Morgan fingerprint density at radius 2 is 2.00 bits per heavy atom. The fourth-order valence-electron chi connectivity index (χ4n) is 1.77. The summed E-state index contributed by atoms with van der Waals surface area (Å²) in [7, 11) is 3.31. The summed E-state index contributed by atoms with van der Waals surface area (Å²) in [5.74, 6) is 0.855. The SMILES string of the molecule is CN(C)C(=O)C(Cl)c1cc(Cl)c2c(c1)OCCCO2. The van der Waals surface area contributed by atoms with E-state index in [-0.39, 0.29) is 5.91 Å². The fourth-order valence-corrected chi connectivity index (χ4v) is 2.36. The molecule has 1 aromatic carbocycles. The van der Waals surface area contributed by atoms with Crippen molar-refractivity contribution >= 4 is 29.1 Å². The molecule has 104 valence electrons. The van der Waals surface area contributed by atoms with Crippen LogP contribution >= 0.6 is 23.2 Å². The van der Waals surface area contributed by atoms with Crippen molar-refractivity contribution in [2.45, 2.75) is 11.8 Å². The Labute approximate surface area is 122 Å². The summed E-state index contributed by atoms with van der Waals surface area (Å²) in [6.45, 7) is 1.12. The largest absolute Gasteiger partial charge is 0.489 e. The lowest BCUT2D eigenvalue weighted by molar-refractivity contribution is -0.128. The van der Waals surface area contributed by atoms with Gasteiger partial charge < -0.3 is 14.4 Å². The summed E-state index contributed by atoms with van der Waals surface area (Å²) in [5, 5.41) is -0.378. The third-order valence-corrected chi connectivity index (χ3v) is 3.49. The standard InChI is InChI=1S/C13H15Cl2NO3/c1-16(2)13(17)11(15)8-6-9(14)12-10(7-8)18-4-3-5-19-12/h6-7,11H,3-5H2,1-2H3. The van der Waals surface area contributed by atoms with Crippen molar-refractivity contribution in [2.24, 2.45) is 0 Å². The number of amides is 1. The van der Waals surface area contributed by atoms with E-state index in [1.165, 1.54) is 4.90 Å². The van der Waals surface area contributed by atoms with Gasteiger partial charge in [-0.25, -0.2) is 0 Å². The molecule has 2 rings (SSSR count). The van der Waals surface area contributed by atoms with E-state index < -0.39 is 5.38 Å². The molecular weight excluding hydrogens is 289 g/mol. The fraction of sp³-hybridized carbons (Fsp3) is 0.462. The van der Waals surface area contributed by atoms with Crippen LogP contribution in [0.1, 0.15) is 17.4 Å². The van der Waals surface area contributed by atoms with Gasteiger partial charge in [-0.05, 0) is 17.7 Å². The number of carbonyl (C=O) groups excluding carboxylic acids is 1. The molecule has 0 fully saturated rings. The number of ether oxygens (including phenoxy) is 2. The minimum absolute atomic E-state index is 0.202. The number of fused-ring (bicyclic) bond motifs is 1. The zero-order valence-corrected chi connectivity index (χ0v) is 12.3. The van der Waals surface area contributed by atoms with Crippen LogP contribution in [0.25, 0.3) is 0 Å². The Hall–Kier alpha value is -1.13. The minimum atomic E-state index is -0.787. The first-order valence-electron chi connectivity index (χ1n) is 5.95. The second-order valence-corrected chi connectivity index (χ2v) is 5.32. The van der Waals surface area contributed by atoms with E-state index in [1.807, 2.05) is 0 Å². The van der Waals surface area contributed by atoms with Gasteiger partial charge in [0.15, 0.2) is 11.5 Å². The van der Waals surface area contributed by atoms with Crippen LogP contribution in [0.2, 0.25) is 5.02 Å². The third-order valence-electron chi connectivity index (χ3n) is 2.77. The molecule has 1 atom stereocenters. The molecule has 0 aliphatic carbocycles. The molecule has 0 aromatic heterocycles. The van der Waals surface area contributed by atoms with Crippen molar-refractivity contribution in [1.82, 2.24) is 4.90 Å². The quantitative estimate of drug-likeness (QED) is 0.789. The van der Waals surface area contributed by atoms with Crippen molar-refractivity contribution in [3.05, 3.63) is 22.7 Å². The number of alkyl halides is 1. The normalized spacial score (nSPS) is 15.6. The van der Waals surface area contributed by atoms with Crippen molar-refractivity contribution in [2.75, 3.05) is 27.3 Å². The van der Waals surface area contributed by atoms with Crippen LogP contribution in [-0.4, -0.2) is 38.1 Å². The van der Waals surface area contributed by atoms with Gasteiger partial charge in [-0.1, -0.05) is 11.6 Å². The number of rotatable bonds is 2. The molecule has 0 radical (unpaired) electrons. The first kappa shape index (κ1) is 14.3. The molecule has 1 heterocycles. The molecule has 1 amide bonds. The Bertz CT molecular complexity index is 491. The Morgan fingerprint density at radius 1 is 1.32 bits per heavy atom. The molecule has 1 aliphatic heterocycles. The molecule has 0 N–H and O–H groups in total. The first-order chi connectivity index (χ1) is 9.00. The highest BCUT2D eigenvalue weighted by Crippen LogP contribution is 2.40. The maximum atomic E-state index is 11.9. The average Bonchev–Trinajstić information content (AvgIpc) is 2.62. The van der Waals surface area contributed by atoms with Crippen LogP contribution in [0.4, 0.5) is 0 Å².